The number of benzene rings is 2. The Labute approximate surface area is 193 Å². The maximum absolute atomic E-state index is 12.5. The molecule has 7 heteroatoms. The highest BCUT2D eigenvalue weighted by Crippen LogP contribution is 2.44. The number of piperidine rings is 1. The zero-order chi connectivity index (χ0) is 23.4. The second-order valence-corrected chi connectivity index (χ2v) is 8.77. The van der Waals surface area contributed by atoms with E-state index < -0.39 is 18.0 Å². The van der Waals surface area contributed by atoms with Crippen molar-refractivity contribution < 1.29 is 24.2 Å². The Morgan fingerprint density at radius 2 is 1.70 bits per heavy atom. The molecule has 0 saturated carbocycles. The fraction of sp³-hybridized carbons (Fsp3) is 0.423. The predicted octanol–water partition coefficient (Wildman–Crippen LogP) is 4.02. The minimum absolute atomic E-state index is 0.00694. The summed E-state index contributed by atoms with van der Waals surface area (Å²) in [7, 11) is 0. The lowest BCUT2D eigenvalue weighted by molar-refractivity contribution is -0.149. The zero-order valence-corrected chi connectivity index (χ0v) is 18.8. The highest BCUT2D eigenvalue weighted by atomic mass is 16.5. The maximum Gasteiger partial charge on any atom is 0.407 e. The lowest BCUT2D eigenvalue weighted by atomic mass is 9.90. The van der Waals surface area contributed by atoms with Gasteiger partial charge in [-0.1, -0.05) is 48.5 Å². The van der Waals surface area contributed by atoms with Crippen LogP contribution in [-0.2, 0) is 14.3 Å². The summed E-state index contributed by atoms with van der Waals surface area (Å²) in [5.74, 6) is -1.42. The molecule has 33 heavy (non-hydrogen) atoms. The lowest BCUT2D eigenvalue weighted by Crippen LogP contribution is -2.49. The van der Waals surface area contributed by atoms with Gasteiger partial charge in [-0.05, 0) is 48.4 Å². The standard InChI is InChI=1S/C26H30N2O5/c1-17-18(25(30)31)12-7-15-28(17)24(29)13-6-14-27-26(32)33-16-23-21-10-4-2-8-19(21)20-9-3-5-11-22(20)23/h2-5,8-11,17-18,23H,6-7,12-16H2,1H3,(H,27,32)(H,30,31)/t17-,18-/m1/s1. The predicted molar refractivity (Wildman–Crippen MR) is 124 cm³/mol. The Hall–Kier alpha value is -3.35. The van der Waals surface area contributed by atoms with Crippen LogP contribution in [-0.4, -0.2) is 53.7 Å². The third kappa shape index (κ3) is 4.87. The summed E-state index contributed by atoms with van der Waals surface area (Å²) < 4.78 is 5.51. The number of fused-ring (bicyclic) bond motifs is 3. The van der Waals surface area contributed by atoms with Crippen molar-refractivity contribution in [3.05, 3.63) is 59.7 Å². The van der Waals surface area contributed by atoms with Crippen molar-refractivity contribution in [3.8, 4) is 11.1 Å². The Balaban J connectivity index is 1.22. The molecule has 2 atom stereocenters. The molecule has 1 aliphatic heterocycles. The van der Waals surface area contributed by atoms with E-state index >= 15 is 0 Å². The Morgan fingerprint density at radius 1 is 1.06 bits per heavy atom. The summed E-state index contributed by atoms with van der Waals surface area (Å²) in [6.45, 7) is 2.96. The number of alkyl carbamates (subject to hydrolysis) is 1. The van der Waals surface area contributed by atoms with E-state index in [2.05, 4.69) is 29.6 Å². The van der Waals surface area contributed by atoms with Crippen molar-refractivity contribution in [2.45, 2.75) is 44.6 Å². The number of rotatable bonds is 7. The molecule has 1 fully saturated rings. The van der Waals surface area contributed by atoms with Gasteiger partial charge < -0.3 is 20.1 Å². The van der Waals surface area contributed by atoms with Crippen LogP contribution in [0.2, 0.25) is 0 Å². The molecule has 2 N–H and O–H groups in total. The number of nitrogens with one attached hydrogen (secondary N) is 1. The van der Waals surface area contributed by atoms with Crippen molar-refractivity contribution in [1.29, 1.82) is 0 Å². The smallest absolute Gasteiger partial charge is 0.407 e. The van der Waals surface area contributed by atoms with E-state index in [0.717, 1.165) is 11.1 Å². The second kappa shape index (κ2) is 10.1. The van der Waals surface area contributed by atoms with Crippen LogP contribution in [0.5, 0.6) is 0 Å². The van der Waals surface area contributed by atoms with Crippen LogP contribution in [0.15, 0.2) is 48.5 Å². The van der Waals surface area contributed by atoms with Gasteiger partial charge in [-0.25, -0.2) is 4.79 Å². The first-order valence-corrected chi connectivity index (χ1v) is 11.6. The summed E-state index contributed by atoms with van der Waals surface area (Å²) in [5.41, 5.74) is 4.68. The summed E-state index contributed by atoms with van der Waals surface area (Å²) in [4.78, 5) is 37.8. The molecular weight excluding hydrogens is 420 g/mol. The monoisotopic (exact) mass is 450 g/mol. The molecule has 7 nitrogen and oxygen atoms in total. The normalized spacial score (nSPS) is 19.5. The first-order valence-electron chi connectivity index (χ1n) is 11.6. The van der Waals surface area contributed by atoms with Crippen LogP contribution < -0.4 is 5.32 Å². The number of carboxylic acids is 1. The van der Waals surface area contributed by atoms with Crippen LogP contribution in [0.3, 0.4) is 0 Å². The fourth-order valence-electron chi connectivity index (χ4n) is 5.05. The molecule has 0 aromatic heterocycles. The van der Waals surface area contributed by atoms with Gasteiger partial charge in [0.2, 0.25) is 5.91 Å². The summed E-state index contributed by atoms with van der Waals surface area (Å²) in [5, 5.41) is 12.0. The number of hydrogen-bond donors (Lipinski definition) is 2. The molecular formula is C26H30N2O5. The average Bonchev–Trinajstić information content (AvgIpc) is 3.14. The van der Waals surface area contributed by atoms with E-state index in [0.29, 0.717) is 32.4 Å². The molecule has 0 bridgehead atoms. The Bertz CT molecular complexity index is 991. The van der Waals surface area contributed by atoms with E-state index in [1.165, 1.54) is 11.1 Å². The van der Waals surface area contributed by atoms with Gasteiger partial charge in [0.05, 0.1) is 5.92 Å². The Morgan fingerprint density at radius 3 is 2.33 bits per heavy atom. The van der Waals surface area contributed by atoms with E-state index in [4.69, 9.17) is 4.74 Å². The number of amides is 2. The van der Waals surface area contributed by atoms with E-state index in [1.54, 1.807) is 11.8 Å². The molecule has 1 heterocycles. The van der Waals surface area contributed by atoms with Gasteiger partial charge in [0.15, 0.2) is 0 Å². The molecule has 174 valence electrons. The summed E-state index contributed by atoms with van der Waals surface area (Å²) >= 11 is 0. The minimum Gasteiger partial charge on any atom is -0.481 e. The molecule has 2 aromatic rings. The van der Waals surface area contributed by atoms with Crippen LogP contribution in [0.1, 0.15) is 49.7 Å². The molecule has 2 aromatic carbocycles. The van der Waals surface area contributed by atoms with Crippen LogP contribution in [0, 0.1) is 5.92 Å². The molecule has 0 spiro atoms. The SMILES string of the molecule is C[C@@H]1[C@H](C(=O)O)CCCN1C(=O)CCCNC(=O)OCC1c2ccccc2-c2ccccc21. The van der Waals surface area contributed by atoms with Gasteiger partial charge in [0.1, 0.15) is 6.61 Å². The first kappa shape index (κ1) is 22.8. The van der Waals surface area contributed by atoms with Gasteiger partial charge in [-0.15, -0.1) is 0 Å². The number of carbonyl (C=O) groups excluding carboxylic acids is 2. The maximum atomic E-state index is 12.5. The number of carboxylic acid groups (broad SMARTS) is 1. The number of hydrogen-bond acceptors (Lipinski definition) is 4. The first-order chi connectivity index (χ1) is 16.0. The molecule has 1 aliphatic carbocycles. The van der Waals surface area contributed by atoms with Crippen LogP contribution in [0.25, 0.3) is 11.1 Å². The lowest BCUT2D eigenvalue weighted by Gasteiger charge is -2.37. The summed E-state index contributed by atoms with van der Waals surface area (Å²) in [6, 6.07) is 16.0. The van der Waals surface area contributed by atoms with Crippen LogP contribution in [0.4, 0.5) is 4.79 Å². The number of nitrogens with zero attached hydrogens (tertiary/aromatic N) is 1. The van der Waals surface area contributed by atoms with Crippen molar-refractivity contribution in [2.75, 3.05) is 19.7 Å². The molecule has 0 radical (unpaired) electrons. The number of likely N-dealkylation sites (tertiary alicyclic amines) is 1. The highest BCUT2D eigenvalue weighted by Gasteiger charge is 2.35. The Kier molecular flexibility index (Phi) is 6.96. The second-order valence-electron chi connectivity index (χ2n) is 8.77. The minimum atomic E-state index is -0.850. The van der Waals surface area contributed by atoms with Gasteiger partial charge in [0.25, 0.3) is 0 Å². The van der Waals surface area contributed by atoms with Gasteiger partial charge in [0, 0.05) is 31.5 Å². The fourth-order valence-corrected chi connectivity index (χ4v) is 5.05. The van der Waals surface area contributed by atoms with Crippen molar-refractivity contribution in [2.24, 2.45) is 5.92 Å². The third-order valence-electron chi connectivity index (χ3n) is 6.81. The van der Waals surface area contributed by atoms with Crippen molar-refractivity contribution in [1.82, 2.24) is 10.2 Å². The van der Waals surface area contributed by atoms with Gasteiger partial charge in [-0.2, -0.15) is 0 Å². The van der Waals surface area contributed by atoms with E-state index in [-0.39, 0.29) is 30.9 Å². The van der Waals surface area contributed by atoms with E-state index in [1.807, 2.05) is 24.3 Å². The average molecular weight is 451 g/mol. The number of carbonyl (C=O) groups is 3. The molecule has 4 rings (SSSR count). The topological polar surface area (TPSA) is 95.9 Å². The largest absolute Gasteiger partial charge is 0.481 e. The van der Waals surface area contributed by atoms with Gasteiger partial charge in [-0.3, -0.25) is 9.59 Å². The van der Waals surface area contributed by atoms with Gasteiger partial charge >= 0.3 is 12.1 Å². The van der Waals surface area contributed by atoms with Crippen molar-refractivity contribution in [3.63, 3.8) is 0 Å². The zero-order valence-electron chi connectivity index (χ0n) is 18.8. The van der Waals surface area contributed by atoms with Crippen molar-refractivity contribution >= 4 is 18.0 Å². The molecule has 1 saturated heterocycles. The molecule has 0 unspecified atom stereocenters. The highest BCUT2D eigenvalue weighted by molar-refractivity contribution is 5.80. The summed E-state index contributed by atoms with van der Waals surface area (Å²) in [6.07, 6.45) is 1.54. The van der Waals surface area contributed by atoms with E-state index in [9.17, 15) is 19.5 Å². The molecule has 2 aliphatic rings. The third-order valence-corrected chi connectivity index (χ3v) is 6.81. The number of aliphatic carboxylic acids is 1. The molecule has 2 amide bonds. The quantitative estimate of drug-likeness (QED) is 0.621. The van der Waals surface area contributed by atoms with Crippen LogP contribution >= 0.6 is 0 Å². The number of ether oxygens (including phenoxy) is 1.